The zero-order valence-electron chi connectivity index (χ0n) is 18.7. The minimum absolute atomic E-state index is 0.168. The SMILES string of the molecule is CCCN1CCN(C(=O)c2nn(-c3ccc(OC)cc3OC)c(=O)c3ccccc23)CC1. The molecule has 0 radical (unpaired) electrons. The number of methoxy groups -OCH3 is 2. The summed E-state index contributed by atoms with van der Waals surface area (Å²) in [6.45, 7) is 6.14. The minimum atomic E-state index is -0.312. The summed E-state index contributed by atoms with van der Waals surface area (Å²) < 4.78 is 12.0. The lowest BCUT2D eigenvalue weighted by atomic mass is 10.1. The van der Waals surface area contributed by atoms with Crippen LogP contribution in [0.2, 0.25) is 0 Å². The maximum atomic E-state index is 13.5. The van der Waals surface area contributed by atoms with Crippen LogP contribution in [0.1, 0.15) is 23.8 Å². The molecule has 4 rings (SSSR count). The molecule has 0 bridgehead atoms. The molecule has 0 saturated carbocycles. The van der Waals surface area contributed by atoms with Gasteiger partial charge in [0.2, 0.25) is 0 Å². The molecule has 0 spiro atoms. The number of carbonyl (C=O) groups excluding carboxylic acids is 1. The zero-order chi connectivity index (χ0) is 22.7. The standard InChI is InChI=1S/C24H28N4O4/c1-4-11-26-12-14-27(15-13-26)24(30)22-18-7-5-6-8-19(18)23(29)28(25-22)20-10-9-17(31-2)16-21(20)32-3/h5-10,16H,4,11-15H2,1-3H3. The quantitative estimate of drug-likeness (QED) is 0.591. The van der Waals surface area contributed by atoms with Crippen molar-refractivity contribution in [2.75, 3.05) is 46.9 Å². The Kier molecular flexibility index (Phi) is 6.41. The molecule has 8 nitrogen and oxygen atoms in total. The Labute approximate surface area is 187 Å². The van der Waals surface area contributed by atoms with Gasteiger partial charge in [0, 0.05) is 37.6 Å². The molecule has 2 heterocycles. The van der Waals surface area contributed by atoms with Gasteiger partial charge in [0.1, 0.15) is 17.2 Å². The van der Waals surface area contributed by atoms with Gasteiger partial charge in [-0.05, 0) is 31.2 Å². The first-order chi connectivity index (χ1) is 15.6. The van der Waals surface area contributed by atoms with E-state index in [0.29, 0.717) is 41.0 Å². The number of aromatic nitrogens is 2. The summed E-state index contributed by atoms with van der Waals surface area (Å²) in [6.07, 6.45) is 1.09. The molecule has 32 heavy (non-hydrogen) atoms. The number of rotatable bonds is 6. The van der Waals surface area contributed by atoms with Crippen molar-refractivity contribution in [3.8, 4) is 17.2 Å². The van der Waals surface area contributed by atoms with Crippen LogP contribution in [0.3, 0.4) is 0 Å². The van der Waals surface area contributed by atoms with Gasteiger partial charge in [0.25, 0.3) is 11.5 Å². The van der Waals surface area contributed by atoms with Crippen molar-refractivity contribution in [3.05, 3.63) is 58.5 Å². The van der Waals surface area contributed by atoms with Gasteiger partial charge in [-0.25, -0.2) is 0 Å². The van der Waals surface area contributed by atoms with Gasteiger partial charge >= 0.3 is 0 Å². The Morgan fingerprint density at radius 2 is 1.72 bits per heavy atom. The molecule has 0 atom stereocenters. The molecule has 1 aliphatic rings. The minimum Gasteiger partial charge on any atom is -0.497 e. The predicted octanol–water partition coefficient (Wildman–Crippen LogP) is 2.57. The number of hydrogen-bond acceptors (Lipinski definition) is 6. The van der Waals surface area contributed by atoms with Crippen LogP contribution in [0.5, 0.6) is 11.5 Å². The van der Waals surface area contributed by atoms with Crippen LogP contribution in [0, 0.1) is 0 Å². The van der Waals surface area contributed by atoms with Crippen LogP contribution in [-0.2, 0) is 0 Å². The lowest BCUT2D eigenvalue weighted by Crippen LogP contribution is -2.49. The molecule has 168 valence electrons. The van der Waals surface area contributed by atoms with E-state index in [1.165, 1.54) is 11.8 Å². The van der Waals surface area contributed by atoms with Gasteiger partial charge in [0.05, 0.1) is 19.6 Å². The second-order valence-electron chi connectivity index (χ2n) is 7.78. The Balaban J connectivity index is 1.80. The number of hydrogen-bond donors (Lipinski definition) is 0. The molecule has 1 aliphatic heterocycles. The third-order valence-electron chi connectivity index (χ3n) is 5.82. The van der Waals surface area contributed by atoms with Gasteiger partial charge in [-0.2, -0.15) is 9.78 Å². The summed E-state index contributed by atoms with van der Waals surface area (Å²) in [6, 6.07) is 12.2. The average molecular weight is 437 g/mol. The largest absolute Gasteiger partial charge is 0.497 e. The van der Waals surface area contributed by atoms with Crippen molar-refractivity contribution < 1.29 is 14.3 Å². The van der Waals surface area contributed by atoms with E-state index in [0.717, 1.165) is 26.1 Å². The van der Waals surface area contributed by atoms with Crippen molar-refractivity contribution in [1.29, 1.82) is 0 Å². The molecular weight excluding hydrogens is 408 g/mol. The van der Waals surface area contributed by atoms with Crippen molar-refractivity contribution in [2.45, 2.75) is 13.3 Å². The Morgan fingerprint density at radius 3 is 2.38 bits per heavy atom. The second-order valence-corrected chi connectivity index (χ2v) is 7.78. The van der Waals surface area contributed by atoms with E-state index in [1.54, 1.807) is 43.5 Å². The van der Waals surface area contributed by atoms with Crippen LogP contribution in [0.25, 0.3) is 16.5 Å². The molecule has 1 saturated heterocycles. The summed E-state index contributed by atoms with van der Waals surface area (Å²) in [4.78, 5) is 31.0. The Morgan fingerprint density at radius 1 is 1.00 bits per heavy atom. The third kappa shape index (κ3) is 4.05. The summed E-state index contributed by atoms with van der Waals surface area (Å²) in [5.74, 6) is 0.861. The van der Waals surface area contributed by atoms with E-state index in [1.807, 2.05) is 11.0 Å². The molecule has 1 aromatic heterocycles. The highest BCUT2D eigenvalue weighted by atomic mass is 16.5. The third-order valence-corrected chi connectivity index (χ3v) is 5.82. The van der Waals surface area contributed by atoms with Crippen LogP contribution in [0.15, 0.2) is 47.3 Å². The molecule has 1 amide bonds. The summed E-state index contributed by atoms with van der Waals surface area (Å²) in [7, 11) is 3.08. The van der Waals surface area contributed by atoms with Crippen LogP contribution in [0.4, 0.5) is 0 Å². The molecule has 8 heteroatoms. The summed E-state index contributed by atoms with van der Waals surface area (Å²) in [5, 5.41) is 5.54. The number of amides is 1. The number of nitrogens with zero attached hydrogens (tertiary/aromatic N) is 4. The number of piperazine rings is 1. The molecule has 2 aromatic carbocycles. The number of benzene rings is 2. The van der Waals surface area contributed by atoms with Gasteiger partial charge in [-0.15, -0.1) is 0 Å². The fourth-order valence-corrected chi connectivity index (χ4v) is 4.11. The normalized spacial score (nSPS) is 14.5. The topological polar surface area (TPSA) is 76.9 Å². The second kappa shape index (κ2) is 9.40. The first kappa shape index (κ1) is 21.8. The van der Waals surface area contributed by atoms with Crippen LogP contribution >= 0.6 is 0 Å². The van der Waals surface area contributed by atoms with E-state index < -0.39 is 0 Å². The van der Waals surface area contributed by atoms with Crippen molar-refractivity contribution in [3.63, 3.8) is 0 Å². The number of ether oxygens (including phenoxy) is 2. The molecule has 0 N–H and O–H groups in total. The molecule has 0 aliphatic carbocycles. The summed E-state index contributed by atoms with van der Waals surface area (Å²) >= 11 is 0. The van der Waals surface area contributed by atoms with E-state index >= 15 is 0 Å². The van der Waals surface area contributed by atoms with E-state index in [4.69, 9.17) is 9.47 Å². The Hall–Kier alpha value is -3.39. The monoisotopic (exact) mass is 436 g/mol. The van der Waals surface area contributed by atoms with E-state index in [9.17, 15) is 9.59 Å². The molecule has 3 aromatic rings. The van der Waals surface area contributed by atoms with Gasteiger partial charge in [-0.3, -0.25) is 14.5 Å². The predicted molar refractivity (Wildman–Crippen MR) is 123 cm³/mol. The fourth-order valence-electron chi connectivity index (χ4n) is 4.11. The highest BCUT2D eigenvalue weighted by molar-refractivity contribution is 6.04. The maximum absolute atomic E-state index is 13.5. The zero-order valence-corrected chi connectivity index (χ0v) is 18.7. The first-order valence-electron chi connectivity index (χ1n) is 10.8. The van der Waals surface area contributed by atoms with Gasteiger partial charge in [0.15, 0.2) is 5.69 Å². The fraction of sp³-hybridized carbons (Fsp3) is 0.375. The lowest BCUT2D eigenvalue weighted by molar-refractivity contribution is 0.0632. The lowest BCUT2D eigenvalue weighted by Gasteiger charge is -2.34. The van der Waals surface area contributed by atoms with Crippen molar-refractivity contribution >= 4 is 16.7 Å². The van der Waals surface area contributed by atoms with Crippen LogP contribution in [-0.4, -0.2) is 72.4 Å². The van der Waals surface area contributed by atoms with Crippen LogP contribution < -0.4 is 15.0 Å². The van der Waals surface area contributed by atoms with Crippen molar-refractivity contribution in [1.82, 2.24) is 19.6 Å². The molecular formula is C24H28N4O4. The average Bonchev–Trinajstić information content (AvgIpc) is 2.84. The molecule has 1 fully saturated rings. The number of carbonyl (C=O) groups is 1. The first-order valence-corrected chi connectivity index (χ1v) is 10.8. The molecule has 0 unspecified atom stereocenters. The number of fused-ring (bicyclic) bond motifs is 1. The van der Waals surface area contributed by atoms with Gasteiger partial charge in [-0.1, -0.05) is 25.1 Å². The highest BCUT2D eigenvalue weighted by Crippen LogP contribution is 2.27. The van der Waals surface area contributed by atoms with E-state index in [2.05, 4.69) is 16.9 Å². The maximum Gasteiger partial charge on any atom is 0.279 e. The Bertz CT molecular complexity index is 1180. The van der Waals surface area contributed by atoms with Gasteiger partial charge < -0.3 is 14.4 Å². The highest BCUT2D eigenvalue weighted by Gasteiger charge is 2.26. The smallest absolute Gasteiger partial charge is 0.279 e. The summed E-state index contributed by atoms with van der Waals surface area (Å²) in [5.41, 5.74) is 0.404. The van der Waals surface area contributed by atoms with E-state index in [-0.39, 0.29) is 17.2 Å². The van der Waals surface area contributed by atoms with Crippen molar-refractivity contribution in [2.24, 2.45) is 0 Å².